The second kappa shape index (κ2) is 6.35. The highest BCUT2D eigenvalue weighted by Gasteiger charge is 2.30. The number of hydrogen-bond acceptors (Lipinski definition) is 4. The normalized spacial score (nSPS) is 17.1. The number of hydrogen-bond donors (Lipinski definition) is 0. The summed E-state index contributed by atoms with van der Waals surface area (Å²) >= 11 is 5.98. The van der Waals surface area contributed by atoms with Crippen LogP contribution in [-0.2, 0) is 16.3 Å². The quantitative estimate of drug-likeness (QED) is 0.659. The number of halogens is 1. The molecular weight excluding hydrogens is 386 g/mol. The van der Waals surface area contributed by atoms with Crippen molar-refractivity contribution >= 4 is 32.9 Å². The maximum Gasteiger partial charge on any atom is 0.274 e. The Labute approximate surface area is 162 Å². The monoisotopic (exact) mass is 403 g/mol. The van der Waals surface area contributed by atoms with E-state index in [2.05, 4.69) is 5.10 Å². The number of fused-ring (bicyclic) bond motifs is 2. The Balaban J connectivity index is 1.66. The molecule has 3 aromatic rings. The third-order valence-electron chi connectivity index (χ3n) is 4.99. The first-order valence-corrected chi connectivity index (χ1v) is 10.8. The number of sulfone groups is 1. The number of benzene rings is 1. The summed E-state index contributed by atoms with van der Waals surface area (Å²) in [5, 5.41) is 4.89. The van der Waals surface area contributed by atoms with Crippen LogP contribution >= 0.6 is 11.6 Å². The van der Waals surface area contributed by atoms with Gasteiger partial charge in [0.25, 0.3) is 5.91 Å². The van der Waals surface area contributed by atoms with E-state index >= 15 is 0 Å². The van der Waals surface area contributed by atoms with Crippen molar-refractivity contribution in [3.05, 3.63) is 64.4 Å². The fourth-order valence-corrected chi connectivity index (χ4v) is 4.36. The maximum atomic E-state index is 13.0. The molecule has 1 aliphatic heterocycles. The second-order valence-electron chi connectivity index (χ2n) is 6.80. The van der Waals surface area contributed by atoms with E-state index in [0.717, 1.165) is 16.6 Å². The van der Waals surface area contributed by atoms with Crippen molar-refractivity contribution < 1.29 is 13.2 Å². The van der Waals surface area contributed by atoms with Crippen LogP contribution in [0.1, 0.15) is 34.6 Å². The van der Waals surface area contributed by atoms with E-state index in [9.17, 15) is 13.2 Å². The summed E-state index contributed by atoms with van der Waals surface area (Å²) in [5.41, 5.74) is 3.09. The molecule has 4 rings (SSSR count). The largest absolute Gasteiger partial charge is 0.330 e. The van der Waals surface area contributed by atoms with E-state index in [4.69, 9.17) is 11.6 Å². The van der Waals surface area contributed by atoms with Crippen LogP contribution in [0, 0.1) is 0 Å². The molecule has 0 spiro atoms. The van der Waals surface area contributed by atoms with E-state index in [0.29, 0.717) is 28.6 Å². The molecule has 1 amide bonds. The van der Waals surface area contributed by atoms with Gasteiger partial charge >= 0.3 is 0 Å². The van der Waals surface area contributed by atoms with Crippen molar-refractivity contribution in [3.8, 4) is 0 Å². The van der Waals surface area contributed by atoms with Crippen LogP contribution in [0.2, 0.25) is 5.02 Å². The van der Waals surface area contributed by atoms with Gasteiger partial charge in [-0.25, -0.2) is 12.9 Å². The van der Waals surface area contributed by atoms with Crippen LogP contribution < -0.4 is 0 Å². The van der Waals surface area contributed by atoms with E-state index in [1.807, 2.05) is 13.0 Å². The number of aromatic nitrogens is 2. The molecule has 0 saturated heterocycles. The average Bonchev–Trinajstić information content (AvgIpc) is 3.03. The van der Waals surface area contributed by atoms with Gasteiger partial charge in [0, 0.05) is 19.0 Å². The Morgan fingerprint density at radius 3 is 2.74 bits per heavy atom. The molecule has 2 aromatic heterocycles. The molecule has 27 heavy (non-hydrogen) atoms. The van der Waals surface area contributed by atoms with Gasteiger partial charge in [0.15, 0.2) is 15.5 Å². The minimum atomic E-state index is -3.25. The molecule has 0 radical (unpaired) electrons. The Bertz CT molecular complexity index is 1170. The summed E-state index contributed by atoms with van der Waals surface area (Å²) in [6.45, 7) is 2.46. The fourth-order valence-electron chi connectivity index (χ4n) is 3.53. The van der Waals surface area contributed by atoms with Gasteiger partial charge in [-0.3, -0.25) is 4.79 Å². The minimum Gasteiger partial charge on any atom is -0.330 e. The fraction of sp³-hybridized carbons (Fsp3) is 0.263. The summed E-state index contributed by atoms with van der Waals surface area (Å²) in [6, 6.07) is 10.3. The van der Waals surface area contributed by atoms with Gasteiger partial charge in [-0.15, -0.1) is 0 Å². The average molecular weight is 404 g/mol. The number of pyridine rings is 1. The Morgan fingerprint density at radius 2 is 2.00 bits per heavy atom. The predicted molar refractivity (Wildman–Crippen MR) is 103 cm³/mol. The highest BCUT2D eigenvalue weighted by Crippen LogP contribution is 2.32. The molecule has 1 aliphatic rings. The zero-order chi connectivity index (χ0) is 19.3. The van der Waals surface area contributed by atoms with Crippen molar-refractivity contribution in [1.82, 2.24) is 14.5 Å². The molecule has 1 aromatic carbocycles. The standard InChI is InChI=1S/C19H18ClN3O3S/c1-12-17-6-5-16(27(2,25)26)9-13(17)7-8-22(12)19(24)18-10-15-4-3-14(20)11-23(15)21-18/h3-6,9-12H,7-8H2,1-2H3. The number of carbonyl (C=O) groups excluding carboxylic acids is 1. The third kappa shape index (κ3) is 3.21. The van der Waals surface area contributed by atoms with Crippen LogP contribution in [0.5, 0.6) is 0 Å². The second-order valence-corrected chi connectivity index (χ2v) is 9.26. The van der Waals surface area contributed by atoms with Crippen LogP contribution in [0.3, 0.4) is 0 Å². The molecule has 0 aliphatic carbocycles. The Hall–Kier alpha value is -2.38. The summed E-state index contributed by atoms with van der Waals surface area (Å²) in [7, 11) is -3.25. The summed E-state index contributed by atoms with van der Waals surface area (Å²) < 4.78 is 25.2. The lowest BCUT2D eigenvalue weighted by molar-refractivity contribution is 0.0671. The van der Waals surface area contributed by atoms with Crippen molar-refractivity contribution in [2.24, 2.45) is 0 Å². The lowest BCUT2D eigenvalue weighted by Gasteiger charge is -2.35. The van der Waals surface area contributed by atoms with Crippen molar-refractivity contribution in [1.29, 1.82) is 0 Å². The molecule has 0 fully saturated rings. The molecule has 8 heteroatoms. The minimum absolute atomic E-state index is 0.153. The van der Waals surface area contributed by atoms with E-state index in [1.54, 1.807) is 45.9 Å². The van der Waals surface area contributed by atoms with E-state index in [1.165, 1.54) is 6.26 Å². The molecule has 3 heterocycles. The summed E-state index contributed by atoms with van der Waals surface area (Å²) in [5.74, 6) is -0.153. The first-order chi connectivity index (χ1) is 12.7. The lowest BCUT2D eigenvalue weighted by Crippen LogP contribution is -2.39. The van der Waals surface area contributed by atoms with Crippen LogP contribution in [-0.4, -0.2) is 41.6 Å². The Morgan fingerprint density at radius 1 is 1.22 bits per heavy atom. The van der Waals surface area contributed by atoms with Gasteiger partial charge in [0.1, 0.15) is 0 Å². The molecule has 0 N–H and O–H groups in total. The number of rotatable bonds is 2. The van der Waals surface area contributed by atoms with Crippen molar-refractivity contribution in [2.45, 2.75) is 24.3 Å². The zero-order valence-electron chi connectivity index (χ0n) is 14.9. The van der Waals surface area contributed by atoms with Gasteiger partial charge in [-0.1, -0.05) is 17.7 Å². The molecule has 6 nitrogen and oxygen atoms in total. The Kier molecular flexibility index (Phi) is 4.24. The van der Waals surface area contributed by atoms with Crippen molar-refractivity contribution in [3.63, 3.8) is 0 Å². The molecule has 0 saturated carbocycles. The number of nitrogens with zero attached hydrogens (tertiary/aromatic N) is 3. The first-order valence-electron chi connectivity index (χ1n) is 8.53. The van der Waals surface area contributed by atoms with Gasteiger partial charge in [-0.05, 0) is 54.8 Å². The first kappa shape index (κ1) is 18.0. The summed E-state index contributed by atoms with van der Waals surface area (Å²) in [6.07, 6.45) is 3.47. The van der Waals surface area contributed by atoms with Gasteiger partial charge in [0.05, 0.1) is 21.5 Å². The molecule has 140 valence electrons. The highest BCUT2D eigenvalue weighted by molar-refractivity contribution is 7.90. The SMILES string of the molecule is CC1c2ccc(S(C)(=O)=O)cc2CCN1C(=O)c1cc2ccc(Cl)cn2n1. The molecule has 1 atom stereocenters. The van der Waals surface area contributed by atoms with E-state index in [-0.39, 0.29) is 11.9 Å². The molecule has 1 unspecified atom stereocenters. The van der Waals surface area contributed by atoms with Crippen LogP contribution in [0.15, 0.2) is 47.5 Å². The lowest BCUT2D eigenvalue weighted by atomic mass is 9.93. The van der Waals surface area contributed by atoms with Crippen LogP contribution in [0.25, 0.3) is 5.52 Å². The third-order valence-corrected chi connectivity index (χ3v) is 6.32. The van der Waals surface area contributed by atoms with Crippen LogP contribution in [0.4, 0.5) is 0 Å². The van der Waals surface area contributed by atoms with Gasteiger partial charge < -0.3 is 4.90 Å². The smallest absolute Gasteiger partial charge is 0.274 e. The zero-order valence-corrected chi connectivity index (χ0v) is 16.5. The number of amides is 1. The van der Waals surface area contributed by atoms with Gasteiger partial charge in [-0.2, -0.15) is 5.10 Å². The molecule has 0 bridgehead atoms. The van der Waals surface area contributed by atoms with E-state index < -0.39 is 9.84 Å². The molecular formula is C19H18ClN3O3S. The number of carbonyl (C=O) groups is 1. The van der Waals surface area contributed by atoms with Crippen molar-refractivity contribution in [2.75, 3.05) is 12.8 Å². The summed E-state index contributed by atoms with van der Waals surface area (Å²) in [4.78, 5) is 15.1. The maximum absolute atomic E-state index is 13.0. The predicted octanol–water partition coefficient (Wildman–Crippen LogP) is 3.15. The highest BCUT2D eigenvalue weighted by atomic mass is 35.5. The topological polar surface area (TPSA) is 71.8 Å². The van der Waals surface area contributed by atoms with Gasteiger partial charge in [0.2, 0.25) is 0 Å².